The monoisotopic (exact) mass is 371 g/mol. The number of likely N-dealkylation sites (tertiary alicyclic amines) is 1. The lowest BCUT2D eigenvalue weighted by molar-refractivity contribution is -0.133. The predicted molar refractivity (Wildman–Crippen MR) is 99.0 cm³/mol. The zero-order valence-corrected chi connectivity index (χ0v) is 15.4. The maximum absolute atomic E-state index is 12.8. The van der Waals surface area contributed by atoms with E-state index < -0.39 is 0 Å². The van der Waals surface area contributed by atoms with Crippen molar-refractivity contribution in [2.45, 2.75) is 36.3 Å². The molecule has 26 heavy (non-hydrogen) atoms. The summed E-state index contributed by atoms with van der Waals surface area (Å²) in [5, 5.41) is 6.55. The zero-order valence-electron chi connectivity index (χ0n) is 14.6. The van der Waals surface area contributed by atoms with Crippen molar-refractivity contribution >= 4 is 29.4 Å². The van der Waals surface area contributed by atoms with Crippen molar-refractivity contribution in [3.05, 3.63) is 41.7 Å². The predicted octanol–water partition coefficient (Wildman–Crippen LogP) is 2.88. The van der Waals surface area contributed by atoms with E-state index in [1.807, 2.05) is 17.0 Å². The molecule has 1 aromatic heterocycles. The number of anilines is 1. The van der Waals surface area contributed by atoms with Crippen molar-refractivity contribution in [3.63, 3.8) is 0 Å². The van der Waals surface area contributed by atoms with E-state index in [4.69, 9.17) is 4.52 Å². The van der Waals surface area contributed by atoms with Gasteiger partial charge in [-0.2, -0.15) is 0 Å². The maximum atomic E-state index is 12.8. The van der Waals surface area contributed by atoms with Gasteiger partial charge in [-0.05, 0) is 37.8 Å². The number of nitrogens with one attached hydrogen (secondary N) is 1. The van der Waals surface area contributed by atoms with Gasteiger partial charge in [0.05, 0.1) is 5.25 Å². The van der Waals surface area contributed by atoms with Crippen LogP contribution in [0, 0.1) is 12.8 Å². The number of carbonyl (C=O) groups excluding carboxylic acids is 2. The number of rotatable bonds is 3. The normalized spacial score (nSPS) is 20.0. The highest BCUT2D eigenvalue weighted by Gasteiger charge is 2.34. The average molecular weight is 371 g/mol. The Kier molecular flexibility index (Phi) is 4.72. The number of aryl methyl sites for hydroxylation is 1. The molecule has 2 aliphatic heterocycles. The van der Waals surface area contributed by atoms with Crippen LogP contribution in [0.1, 0.15) is 24.2 Å². The summed E-state index contributed by atoms with van der Waals surface area (Å²) in [5.74, 6) is 1.16. The molecule has 0 bridgehead atoms. The number of benzene rings is 1. The lowest BCUT2D eigenvalue weighted by Gasteiger charge is -2.32. The lowest BCUT2D eigenvalue weighted by Crippen LogP contribution is -2.44. The van der Waals surface area contributed by atoms with Crippen LogP contribution in [0.15, 0.2) is 39.8 Å². The number of hydrogen-bond donors (Lipinski definition) is 1. The molecule has 1 aromatic carbocycles. The molecule has 6 nitrogen and oxygen atoms in total. The fraction of sp³-hybridized carbons (Fsp3) is 0.421. The molecular weight excluding hydrogens is 350 g/mol. The van der Waals surface area contributed by atoms with Crippen molar-refractivity contribution < 1.29 is 14.1 Å². The second kappa shape index (κ2) is 7.15. The van der Waals surface area contributed by atoms with Crippen LogP contribution in [-0.4, -0.2) is 40.2 Å². The molecule has 136 valence electrons. The highest BCUT2D eigenvalue weighted by atomic mass is 32.2. The Morgan fingerprint density at radius 1 is 1.27 bits per heavy atom. The summed E-state index contributed by atoms with van der Waals surface area (Å²) < 4.78 is 4.96. The van der Waals surface area contributed by atoms with Crippen LogP contribution in [0.2, 0.25) is 0 Å². The lowest BCUT2D eigenvalue weighted by atomic mass is 9.95. The summed E-state index contributed by atoms with van der Waals surface area (Å²) in [4.78, 5) is 28.3. The van der Waals surface area contributed by atoms with Gasteiger partial charge in [-0.3, -0.25) is 9.59 Å². The molecule has 0 aliphatic carbocycles. The smallest absolute Gasteiger partial charge is 0.236 e. The summed E-state index contributed by atoms with van der Waals surface area (Å²) >= 11 is 1.66. The van der Waals surface area contributed by atoms with Gasteiger partial charge >= 0.3 is 0 Å². The van der Waals surface area contributed by atoms with E-state index in [1.165, 1.54) is 10.5 Å². The first kappa shape index (κ1) is 17.1. The SMILES string of the molecule is Cc1cc(NC(=O)C2CCN(C(=O)C3Cc4ccccc4S3)CC2)no1. The third-order valence-electron chi connectivity index (χ3n) is 4.98. The Balaban J connectivity index is 1.29. The van der Waals surface area contributed by atoms with E-state index in [1.54, 1.807) is 24.8 Å². The van der Waals surface area contributed by atoms with Crippen molar-refractivity contribution in [1.29, 1.82) is 0 Å². The summed E-state index contributed by atoms with van der Waals surface area (Å²) in [7, 11) is 0. The van der Waals surface area contributed by atoms with Gasteiger partial charge in [0.15, 0.2) is 5.82 Å². The minimum atomic E-state index is -0.0931. The van der Waals surface area contributed by atoms with Crippen LogP contribution in [0.5, 0.6) is 0 Å². The number of aromatic nitrogens is 1. The Morgan fingerprint density at radius 3 is 2.73 bits per heavy atom. The van der Waals surface area contributed by atoms with E-state index in [2.05, 4.69) is 22.6 Å². The molecule has 0 saturated carbocycles. The van der Waals surface area contributed by atoms with Gasteiger partial charge in [-0.15, -0.1) is 11.8 Å². The molecule has 2 amide bonds. The third kappa shape index (κ3) is 3.49. The van der Waals surface area contributed by atoms with Crippen LogP contribution in [0.4, 0.5) is 5.82 Å². The van der Waals surface area contributed by atoms with Gasteiger partial charge in [0.1, 0.15) is 5.76 Å². The molecular formula is C19H21N3O3S. The number of amides is 2. The average Bonchev–Trinajstić information content (AvgIpc) is 3.27. The van der Waals surface area contributed by atoms with Gasteiger partial charge in [-0.25, -0.2) is 0 Å². The van der Waals surface area contributed by atoms with E-state index in [9.17, 15) is 9.59 Å². The molecule has 2 aromatic rings. The van der Waals surface area contributed by atoms with E-state index in [0.717, 1.165) is 6.42 Å². The van der Waals surface area contributed by atoms with Crippen molar-refractivity contribution in [3.8, 4) is 0 Å². The standard InChI is InChI=1S/C19H21N3O3S/c1-12-10-17(21-25-12)20-18(23)13-6-8-22(9-7-13)19(24)16-11-14-4-2-3-5-15(14)26-16/h2-5,10,13,16H,6-9,11H2,1H3,(H,20,21,23). The van der Waals surface area contributed by atoms with E-state index in [0.29, 0.717) is 37.5 Å². The number of carbonyl (C=O) groups is 2. The molecule has 3 heterocycles. The molecule has 1 unspecified atom stereocenters. The van der Waals surface area contributed by atoms with Crippen molar-refractivity contribution in [1.82, 2.24) is 10.1 Å². The van der Waals surface area contributed by atoms with Crippen LogP contribution < -0.4 is 5.32 Å². The van der Waals surface area contributed by atoms with Crippen molar-refractivity contribution in [2.75, 3.05) is 18.4 Å². The zero-order chi connectivity index (χ0) is 18.1. The Labute approximate surface area is 156 Å². The number of hydrogen-bond acceptors (Lipinski definition) is 5. The fourth-order valence-electron chi connectivity index (χ4n) is 3.54. The first-order valence-corrected chi connectivity index (χ1v) is 9.75. The molecule has 1 N–H and O–H groups in total. The van der Waals surface area contributed by atoms with Crippen LogP contribution in [0.25, 0.3) is 0 Å². The maximum Gasteiger partial charge on any atom is 0.236 e. The Bertz CT molecular complexity index is 802. The number of nitrogens with zero attached hydrogens (tertiary/aromatic N) is 2. The Morgan fingerprint density at radius 2 is 2.04 bits per heavy atom. The van der Waals surface area contributed by atoms with Crippen molar-refractivity contribution in [2.24, 2.45) is 5.92 Å². The van der Waals surface area contributed by atoms with Gasteiger partial charge in [0, 0.05) is 30.0 Å². The number of thioether (sulfide) groups is 1. The highest BCUT2D eigenvalue weighted by Crippen LogP contribution is 2.38. The minimum absolute atomic E-state index is 0.0316. The molecule has 1 saturated heterocycles. The quantitative estimate of drug-likeness (QED) is 0.898. The first-order chi connectivity index (χ1) is 12.6. The minimum Gasteiger partial charge on any atom is -0.360 e. The molecule has 1 fully saturated rings. The van der Waals surface area contributed by atoms with Crippen LogP contribution >= 0.6 is 11.8 Å². The van der Waals surface area contributed by atoms with E-state index in [-0.39, 0.29) is 23.0 Å². The second-order valence-corrected chi connectivity index (χ2v) is 8.07. The summed E-state index contributed by atoms with van der Waals surface area (Å²) in [6.07, 6.45) is 2.16. The second-order valence-electron chi connectivity index (χ2n) is 6.83. The number of fused-ring (bicyclic) bond motifs is 1. The van der Waals surface area contributed by atoms with Crippen LogP contribution in [-0.2, 0) is 16.0 Å². The Hall–Kier alpha value is -2.28. The highest BCUT2D eigenvalue weighted by molar-refractivity contribution is 8.01. The molecule has 4 rings (SSSR count). The molecule has 0 spiro atoms. The number of piperidine rings is 1. The van der Waals surface area contributed by atoms with Gasteiger partial charge in [0.2, 0.25) is 11.8 Å². The third-order valence-corrected chi connectivity index (χ3v) is 6.28. The van der Waals surface area contributed by atoms with Gasteiger partial charge in [-0.1, -0.05) is 23.4 Å². The fourth-order valence-corrected chi connectivity index (χ4v) is 4.82. The summed E-state index contributed by atoms with van der Waals surface area (Å²) in [6, 6.07) is 9.91. The summed E-state index contributed by atoms with van der Waals surface area (Å²) in [6.45, 7) is 3.04. The van der Waals surface area contributed by atoms with Crippen LogP contribution in [0.3, 0.4) is 0 Å². The van der Waals surface area contributed by atoms with E-state index >= 15 is 0 Å². The molecule has 7 heteroatoms. The van der Waals surface area contributed by atoms with Gasteiger partial charge < -0.3 is 14.7 Å². The molecule has 0 radical (unpaired) electrons. The molecule has 1 atom stereocenters. The first-order valence-electron chi connectivity index (χ1n) is 8.87. The van der Waals surface area contributed by atoms with Gasteiger partial charge in [0.25, 0.3) is 0 Å². The largest absolute Gasteiger partial charge is 0.360 e. The topological polar surface area (TPSA) is 75.4 Å². The molecule has 2 aliphatic rings. The summed E-state index contributed by atoms with van der Waals surface area (Å²) in [5.41, 5.74) is 1.26.